The topological polar surface area (TPSA) is 64.2 Å². The third-order valence-electron chi connectivity index (χ3n) is 2.75. The highest BCUT2D eigenvalue weighted by molar-refractivity contribution is 5.92. The number of carbonyl (C=O) groups is 1. The lowest BCUT2D eigenvalue weighted by Gasteiger charge is -2.17. The molecule has 2 aromatic rings. The molecule has 0 atom stereocenters. The first-order chi connectivity index (χ1) is 8.56. The van der Waals surface area contributed by atoms with E-state index in [1.807, 2.05) is 31.2 Å². The molecular weight excluding hydrogens is 228 g/mol. The molecular formula is C13H16N4O. The molecule has 1 amide bonds. The summed E-state index contributed by atoms with van der Waals surface area (Å²) < 4.78 is 1.53. The number of carbonyl (C=O) groups excluding carboxylic acids is 1. The first kappa shape index (κ1) is 12.2. The second kappa shape index (κ2) is 4.91. The number of nitrogens with two attached hydrogens (primary N) is 1. The fraction of sp³-hybridized carbons (Fsp3) is 0.231. The van der Waals surface area contributed by atoms with E-state index in [0.717, 1.165) is 5.69 Å². The standard InChI is InChI=1S/C13H16N4O/c1-10-3-5-12(6-4-10)16(2)13(18)9-17-8-11(14)7-15-17/h3-8H,9,14H2,1-2H3. The summed E-state index contributed by atoms with van der Waals surface area (Å²) in [4.78, 5) is 13.6. The Hall–Kier alpha value is -2.30. The van der Waals surface area contributed by atoms with Crippen molar-refractivity contribution in [3.05, 3.63) is 42.2 Å². The van der Waals surface area contributed by atoms with E-state index in [0.29, 0.717) is 5.69 Å². The molecule has 0 aliphatic rings. The van der Waals surface area contributed by atoms with Crippen LogP contribution < -0.4 is 10.6 Å². The lowest BCUT2D eigenvalue weighted by atomic mass is 10.2. The van der Waals surface area contributed by atoms with Crippen LogP contribution in [0.1, 0.15) is 5.56 Å². The van der Waals surface area contributed by atoms with Gasteiger partial charge in [-0.15, -0.1) is 0 Å². The van der Waals surface area contributed by atoms with E-state index >= 15 is 0 Å². The van der Waals surface area contributed by atoms with Crippen LogP contribution in [0.4, 0.5) is 11.4 Å². The molecule has 1 aromatic heterocycles. The van der Waals surface area contributed by atoms with Crippen molar-refractivity contribution < 1.29 is 4.79 Å². The van der Waals surface area contributed by atoms with Crippen LogP contribution in [-0.4, -0.2) is 22.7 Å². The zero-order valence-electron chi connectivity index (χ0n) is 10.5. The molecule has 5 nitrogen and oxygen atoms in total. The summed E-state index contributed by atoms with van der Waals surface area (Å²) in [5.41, 5.74) is 8.14. The summed E-state index contributed by atoms with van der Waals surface area (Å²) in [7, 11) is 1.75. The number of nitrogen functional groups attached to an aromatic ring is 1. The molecule has 0 aliphatic carbocycles. The highest BCUT2D eigenvalue weighted by atomic mass is 16.2. The second-order valence-electron chi connectivity index (χ2n) is 4.26. The van der Waals surface area contributed by atoms with Crippen molar-refractivity contribution in [3.63, 3.8) is 0 Å². The molecule has 0 spiro atoms. The zero-order valence-corrected chi connectivity index (χ0v) is 10.5. The van der Waals surface area contributed by atoms with Gasteiger partial charge < -0.3 is 10.6 Å². The Bertz CT molecular complexity index is 544. The Kier molecular flexibility index (Phi) is 3.32. The van der Waals surface area contributed by atoms with Gasteiger partial charge in [0.1, 0.15) is 6.54 Å². The number of amides is 1. The first-order valence-electron chi connectivity index (χ1n) is 5.67. The van der Waals surface area contributed by atoms with Gasteiger partial charge in [0.05, 0.1) is 11.9 Å². The van der Waals surface area contributed by atoms with Crippen LogP contribution in [0.3, 0.4) is 0 Å². The van der Waals surface area contributed by atoms with Crippen molar-refractivity contribution in [2.45, 2.75) is 13.5 Å². The number of aryl methyl sites for hydroxylation is 1. The van der Waals surface area contributed by atoms with Crippen LogP contribution in [0.15, 0.2) is 36.7 Å². The van der Waals surface area contributed by atoms with Crippen molar-refractivity contribution in [2.24, 2.45) is 0 Å². The number of hydrogen-bond acceptors (Lipinski definition) is 3. The average molecular weight is 244 g/mol. The van der Waals surface area contributed by atoms with E-state index in [2.05, 4.69) is 5.10 Å². The van der Waals surface area contributed by atoms with Gasteiger partial charge in [0.25, 0.3) is 0 Å². The highest BCUT2D eigenvalue weighted by Gasteiger charge is 2.11. The lowest BCUT2D eigenvalue weighted by molar-refractivity contribution is -0.119. The maximum atomic E-state index is 12.0. The van der Waals surface area contributed by atoms with Crippen LogP contribution in [0.5, 0.6) is 0 Å². The van der Waals surface area contributed by atoms with Crippen LogP contribution in [0, 0.1) is 6.92 Å². The van der Waals surface area contributed by atoms with Gasteiger partial charge in [0.2, 0.25) is 5.91 Å². The Labute approximate surface area is 106 Å². The van der Waals surface area contributed by atoms with E-state index in [4.69, 9.17) is 5.73 Å². The fourth-order valence-electron chi connectivity index (χ4n) is 1.62. The number of hydrogen-bond donors (Lipinski definition) is 1. The first-order valence-corrected chi connectivity index (χ1v) is 5.67. The van der Waals surface area contributed by atoms with Crippen LogP contribution >= 0.6 is 0 Å². The van der Waals surface area contributed by atoms with Gasteiger partial charge >= 0.3 is 0 Å². The molecule has 0 fully saturated rings. The molecule has 18 heavy (non-hydrogen) atoms. The predicted octanol–water partition coefficient (Wildman–Crippen LogP) is 1.44. The van der Waals surface area contributed by atoms with Crippen molar-refractivity contribution in [2.75, 3.05) is 17.7 Å². The monoisotopic (exact) mass is 244 g/mol. The number of aromatic nitrogens is 2. The minimum atomic E-state index is -0.0399. The van der Waals surface area contributed by atoms with E-state index in [9.17, 15) is 4.79 Å². The maximum absolute atomic E-state index is 12.0. The molecule has 0 saturated heterocycles. The number of rotatable bonds is 3. The van der Waals surface area contributed by atoms with Crippen LogP contribution in [0.25, 0.3) is 0 Å². The van der Waals surface area contributed by atoms with Gasteiger partial charge in [0.15, 0.2) is 0 Å². The summed E-state index contributed by atoms with van der Waals surface area (Å²) in [5.74, 6) is -0.0399. The Balaban J connectivity index is 2.07. The quantitative estimate of drug-likeness (QED) is 0.888. The molecule has 5 heteroatoms. The minimum absolute atomic E-state index is 0.0399. The van der Waals surface area contributed by atoms with Crippen molar-refractivity contribution >= 4 is 17.3 Å². The Morgan fingerprint density at radius 3 is 2.61 bits per heavy atom. The molecule has 2 rings (SSSR count). The zero-order chi connectivity index (χ0) is 13.1. The van der Waals surface area contributed by atoms with Crippen LogP contribution in [0.2, 0.25) is 0 Å². The SMILES string of the molecule is Cc1ccc(N(C)C(=O)Cn2cc(N)cn2)cc1. The summed E-state index contributed by atoms with van der Waals surface area (Å²) in [6, 6.07) is 7.80. The second-order valence-corrected chi connectivity index (χ2v) is 4.26. The van der Waals surface area contributed by atoms with Gasteiger partial charge in [-0.25, -0.2) is 0 Å². The van der Waals surface area contributed by atoms with E-state index in [1.54, 1.807) is 18.1 Å². The van der Waals surface area contributed by atoms with Crippen molar-refractivity contribution in [1.82, 2.24) is 9.78 Å². The molecule has 94 valence electrons. The molecule has 0 bridgehead atoms. The third kappa shape index (κ3) is 2.68. The van der Waals surface area contributed by atoms with E-state index in [-0.39, 0.29) is 12.5 Å². The van der Waals surface area contributed by atoms with Crippen molar-refractivity contribution in [3.8, 4) is 0 Å². The number of nitrogens with zero attached hydrogens (tertiary/aromatic N) is 3. The smallest absolute Gasteiger partial charge is 0.248 e. The molecule has 1 aromatic carbocycles. The summed E-state index contributed by atoms with van der Waals surface area (Å²) >= 11 is 0. The number of benzene rings is 1. The molecule has 2 N–H and O–H groups in total. The third-order valence-corrected chi connectivity index (χ3v) is 2.75. The predicted molar refractivity (Wildman–Crippen MR) is 71.2 cm³/mol. The maximum Gasteiger partial charge on any atom is 0.248 e. The fourth-order valence-corrected chi connectivity index (χ4v) is 1.62. The number of likely N-dealkylation sites (N-methyl/N-ethyl adjacent to an activating group) is 1. The lowest BCUT2D eigenvalue weighted by Crippen LogP contribution is -2.30. The minimum Gasteiger partial charge on any atom is -0.396 e. The van der Waals surface area contributed by atoms with Gasteiger partial charge in [-0.2, -0.15) is 5.10 Å². The Morgan fingerprint density at radius 2 is 2.06 bits per heavy atom. The molecule has 0 radical (unpaired) electrons. The van der Waals surface area contributed by atoms with Crippen LogP contribution in [-0.2, 0) is 11.3 Å². The summed E-state index contributed by atoms with van der Waals surface area (Å²) in [6.07, 6.45) is 3.17. The largest absolute Gasteiger partial charge is 0.396 e. The summed E-state index contributed by atoms with van der Waals surface area (Å²) in [5, 5.41) is 3.99. The van der Waals surface area contributed by atoms with Gasteiger partial charge in [0, 0.05) is 18.9 Å². The molecule has 0 unspecified atom stereocenters. The van der Waals surface area contributed by atoms with E-state index in [1.165, 1.54) is 16.4 Å². The molecule has 1 heterocycles. The van der Waals surface area contributed by atoms with Gasteiger partial charge in [-0.3, -0.25) is 9.48 Å². The summed E-state index contributed by atoms with van der Waals surface area (Å²) in [6.45, 7) is 2.19. The molecule has 0 saturated carbocycles. The Morgan fingerprint density at radius 1 is 1.39 bits per heavy atom. The van der Waals surface area contributed by atoms with Crippen molar-refractivity contribution in [1.29, 1.82) is 0 Å². The van der Waals surface area contributed by atoms with E-state index < -0.39 is 0 Å². The van der Waals surface area contributed by atoms with Gasteiger partial charge in [-0.1, -0.05) is 17.7 Å². The van der Waals surface area contributed by atoms with Gasteiger partial charge in [-0.05, 0) is 19.1 Å². The average Bonchev–Trinajstić information content (AvgIpc) is 2.75. The highest BCUT2D eigenvalue weighted by Crippen LogP contribution is 2.14. The number of anilines is 2. The molecule has 0 aliphatic heterocycles. The normalized spacial score (nSPS) is 10.3.